The molecule has 0 aliphatic carbocycles. The van der Waals surface area contributed by atoms with Crippen molar-refractivity contribution in [2.75, 3.05) is 0 Å². The van der Waals surface area contributed by atoms with Gasteiger partial charge in [-0.2, -0.15) is 5.26 Å². The fourth-order valence-corrected chi connectivity index (χ4v) is 4.37. The zero-order valence-corrected chi connectivity index (χ0v) is 17.3. The number of nitriles is 1. The van der Waals surface area contributed by atoms with Crippen LogP contribution >= 0.6 is 15.9 Å². The molecule has 0 bridgehead atoms. The number of benzene rings is 3. The molecule has 0 saturated carbocycles. The Morgan fingerprint density at radius 3 is 2.66 bits per heavy atom. The van der Waals surface area contributed by atoms with Crippen molar-refractivity contribution in [3.63, 3.8) is 0 Å². The van der Waals surface area contributed by atoms with Gasteiger partial charge in [0, 0.05) is 38.4 Å². The Kier molecular flexibility index (Phi) is 4.19. The SMILES string of the molecule is Cc1cc2c(-c3cnc4ccccc4c3)cccc2n1-c1ccc(C#N)c(Br)c1. The molecular weight excluding hydrogens is 422 g/mol. The van der Waals surface area contributed by atoms with Crippen LogP contribution in [0.5, 0.6) is 0 Å². The second-order valence-corrected chi connectivity index (χ2v) is 7.91. The first kappa shape index (κ1) is 17.7. The predicted octanol–water partition coefficient (Wildman–Crippen LogP) is 6.79. The summed E-state index contributed by atoms with van der Waals surface area (Å²) in [5, 5.41) is 11.5. The van der Waals surface area contributed by atoms with Crippen LogP contribution in [0.4, 0.5) is 0 Å². The smallest absolute Gasteiger partial charge is 0.100 e. The van der Waals surface area contributed by atoms with Crippen molar-refractivity contribution in [3.8, 4) is 22.9 Å². The number of fused-ring (bicyclic) bond motifs is 2. The number of aromatic nitrogens is 2. The number of pyridine rings is 1. The van der Waals surface area contributed by atoms with E-state index in [-0.39, 0.29) is 0 Å². The van der Waals surface area contributed by atoms with Gasteiger partial charge >= 0.3 is 0 Å². The normalized spacial score (nSPS) is 11.1. The molecule has 0 N–H and O–H groups in total. The third-order valence-corrected chi connectivity index (χ3v) is 5.92. The van der Waals surface area contributed by atoms with Gasteiger partial charge in [0.2, 0.25) is 0 Å². The highest BCUT2D eigenvalue weighted by Gasteiger charge is 2.13. The Bertz CT molecular complexity index is 1440. The number of para-hydroxylation sites is 1. The molecule has 0 aliphatic heterocycles. The highest BCUT2D eigenvalue weighted by atomic mass is 79.9. The van der Waals surface area contributed by atoms with E-state index in [4.69, 9.17) is 0 Å². The molecule has 5 rings (SSSR count). The third kappa shape index (κ3) is 2.91. The Morgan fingerprint density at radius 2 is 1.83 bits per heavy atom. The lowest BCUT2D eigenvalue weighted by Crippen LogP contribution is -1.96. The van der Waals surface area contributed by atoms with Gasteiger partial charge in [-0.25, -0.2) is 0 Å². The molecule has 0 atom stereocenters. The number of nitrogens with zero attached hydrogens (tertiary/aromatic N) is 3. The molecule has 3 nitrogen and oxygen atoms in total. The summed E-state index contributed by atoms with van der Waals surface area (Å²) < 4.78 is 3.02. The molecule has 0 saturated heterocycles. The average molecular weight is 438 g/mol. The first-order valence-electron chi connectivity index (χ1n) is 9.32. The minimum absolute atomic E-state index is 0.630. The lowest BCUT2D eigenvalue weighted by atomic mass is 10.0. The number of aryl methyl sites for hydroxylation is 1. The van der Waals surface area contributed by atoms with Crippen LogP contribution in [0.15, 0.2) is 83.5 Å². The van der Waals surface area contributed by atoms with E-state index in [9.17, 15) is 5.26 Å². The zero-order chi connectivity index (χ0) is 20.0. The van der Waals surface area contributed by atoms with Crippen molar-refractivity contribution < 1.29 is 0 Å². The predicted molar refractivity (Wildman–Crippen MR) is 121 cm³/mol. The quantitative estimate of drug-likeness (QED) is 0.305. The minimum Gasteiger partial charge on any atom is -0.314 e. The van der Waals surface area contributed by atoms with Gasteiger partial charge in [0.15, 0.2) is 0 Å². The van der Waals surface area contributed by atoms with Crippen molar-refractivity contribution in [3.05, 3.63) is 94.7 Å². The highest BCUT2D eigenvalue weighted by Crippen LogP contribution is 2.34. The van der Waals surface area contributed by atoms with Gasteiger partial charge < -0.3 is 4.57 Å². The second kappa shape index (κ2) is 6.88. The van der Waals surface area contributed by atoms with Crippen LogP contribution in [0.25, 0.3) is 38.6 Å². The van der Waals surface area contributed by atoms with E-state index < -0.39 is 0 Å². The molecule has 4 heteroatoms. The van der Waals surface area contributed by atoms with Crippen LogP contribution < -0.4 is 0 Å². The third-order valence-electron chi connectivity index (χ3n) is 5.26. The van der Waals surface area contributed by atoms with Gasteiger partial charge in [0.1, 0.15) is 6.07 Å². The van der Waals surface area contributed by atoms with Crippen LogP contribution in [-0.4, -0.2) is 9.55 Å². The summed E-state index contributed by atoms with van der Waals surface area (Å²) in [5.41, 5.74) is 7.19. The van der Waals surface area contributed by atoms with Crippen molar-refractivity contribution in [2.24, 2.45) is 0 Å². The lowest BCUT2D eigenvalue weighted by Gasteiger charge is -2.11. The number of rotatable bonds is 2. The van der Waals surface area contributed by atoms with Gasteiger partial charge in [0.25, 0.3) is 0 Å². The van der Waals surface area contributed by atoms with E-state index in [1.165, 1.54) is 5.39 Å². The standard InChI is InChI=1S/C25H16BrN3/c1-16-11-22-21(19-12-17-5-2-3-7-24(17)28-15-19)6-4-8-25(22)29(16)20-10-9-18(14-27)23(26)13-20/h2-13,15H,1H3. The molecule has 2 heterocycles. The van der Waals surface area contributed by atoms with E-state index in [0.29, 0.717) is 5.56 Å². The second-order valence-electron chi connectivity index (χ2n) is 7.05. The van der Waals surface area contributed by atoms with Gasteiger partial charge in [-0.1, -0.05) is 30.3 Å². The minimum atomic E-state index is 0.630. The first-order valence-corrected chi connectivity index (χ1v) is 10.1. The maximum atomic E-state index is 9.21. The van der Waals surface area contributed by atoms with Crippen LogP contribution in [0.3, 0.4) is 0 Å². The Balaban J connectivity index is 1.73. The van der Waals surface area contributed by atoms with Crippen LogP contribution in [0.2, 0.25) is 0 Å². The van der Waals surface area contributed by atoms with Crippen LogP contribution in [0.1, 0.15) is 11.3 Å². The largest absolute Gasteiger partial charge is 0.314 e. The fourth-order valence-electron chi connectivity index (χ4n) is 3.91. The van der Waals surface area contributed by atoms with E-state index in [0.717, 1.165) is 43.4 Å². The highest BCUT2D eigenvalue weighted by molar-refractivity contribution is 9.10. The topological polar surface area (TPSA) is 41.6 Å². The molecule has 138 valence electrons. The Hall–Kier alpha value is -3.42. The fraction of sp³-hybridized carbons (Fsp3) is 0.0400. The van der Waals surface area contributed by atoms with Crippen LogP contribution in [-0.2, 0) is 0 Å². The zero-order valence-electron chi connectivity index (χ0n) is 15.7. The van der Waals surface area contributed by atoms with Gasteiger partial charge in [-0.15, -0.1) is 0 Å². The summed E-state index contributed by atoms with van der Waals surface area (Å²) in [4.78, 5) is 4.64. The Morgan fingerprint density at radius 1 is 0.966 bits per heavy atom. The molecule has 0 amide bonds. The molecule has 2 aromatic heterocycles. The average Bonchev–Trinajstić information content (AvgIpc) is 3.09. The summed E-state index contributed by atoms with van der Waals surface area (Å²) in [7, 11) is 0. The summed E-state index contributed by atoms with van der Waals surface area (Å²) in [6.45, 7) is 2.11. The molecule has 5 aromatic rings. The van der Waals surface area contributed by atoms with Gasteiger partial charge in [-0.3, -0.25) is 4.98 Å². The molecule has 0 aliphatic rings. The van der Waals surface area contributed by atoms with Gasteiger partial charge in [-0.05, 0) is 70.9 Å². The van der Waals surface area contributed by atoms with Crippen molar-refractivity contribution in [2.45, 2.75) is 6.92 Å². The summed E-state index contributed by atoms with van der Waals surface area (Å²) in [5.74, 6) is 0. The molecule has 3 aromatic carbocycles. The Labute approximate surface area is 177 Å². The van der Waals surface area contributed by atoms with Crippen molar-refractivity contribution >= 4 is 37.7 Å². The molecule has 0 spiro atoms. The first-order chi connectivity index (χ1) is 14.2. The van der Waals surface area contributed by atoms with E-state index in [1.54, 1.807) is 0 Å². The van der Waals surface area contributed by atoms with Crippen molar-refractivity contribution in [1.29, 1.82) is 5.26 Å². The molecule has 29 heavy (non-hydrogen) atoms. The maximum absolute atomic E-state index is 9.21. The summed E-state index contributed by atoms with van der Waals surface area (Å²) in [6, 6.07) is 27.0. The van der Waals surface area contributed by atoms with E-state index >= 15 is 0 Å². The summed E-state index contributed by atoms with van der Waals surface area (Å²) >= 11 is 3.51. The van der Waals surface area contributed by atoms with E-state index in [1.807, 2.05) is 42.6 Å². The van der Waals surface area contributed by atoms with E-state index in [2.05, 4.69) is 74.9 Å². The monoisotopic (exact) mass is 437 g/mol. The number of hydrogen-bond donors (Lipinski definition) is 0. The maximum Gasteiger partial charge on any atom is 0.100 e. The molecular formula is C25H16BrN3. The van der Waals surface area contributed by atoms with Gasteiger partial charge in [0.05, 0.1) is 16.6 Å². The summed E-state index contributed by atoms with van der Waals surface area (Å²) in [6.07, 6.45) is 1.95. The lowest BCUT2D eigenvalue weighted by molar-refractivity contribution is 1.05. The number of hydrogen-bond acceptors (Lipinski definition) is 2. The number of halogens is 1. The molecule has 0 fully saturated rings. The molecule has 0 radical (unpaired) electrons. The molecule has 0 unspecified atom stereocenters. The van der Waals surface area contributed by atoms with Crippen molar-refractivity contribution in [1.82, 2.24) is 9.55 Å². The van der Waals surface area contributed by atoms with Crippen LogP contribution in [0, 0.1) is 18.3 Å².